The van der Waals surface area contributed by atoms with E-state index >= 15 is 0 Å². The molecule has 1 aliphatic rings. The SMILES string of the molecule is COc1ccccc1CC(C)CC(=O)N1CCC[C@H](C(=O)O)[C@@H]1C. The summed E-state index contributed by atoms with van der Waals surface area (Å²) in [4.78, 5) is 25.7. The first-order chi connectivity index (χ1) is 11.4. The van der Waals surface area contributed by atoms with Crippen LogP contribution in [-0.2, 0) is 16.0 Å². The molecule has 0 radical (unpaired) electrons. The molecule has 0 bridgehead atoms. The van der Waals surface area contributed by atoms with Gasteiger partial charge in [0.2, 0.25) is 5.91 Å². The van der Waals surface area contributed by atoms with E-state index in [1.807, 2.05) is 38.1 Å². The van der Waals surface area contributed by atoms with Crippen molar-refractivity contribution < 1.29 is 19.4 Å². The molecule has 0 spiro atoms. The van der Waals surface area contributed by atoms with E-state index in [9.17, 15) is 14.7 Å². The Morgan fingerprint density at radius 1 is 1.38 bits per heavy atom. The number of nitrogens with zero attached hydrogens (tertiary/aromatic N) is 1. The van der Waals surface area contributed by atoms with E-state index in [2.05, 4.69) is 0 Å². The Balaban J connectivity index is 1.97. The zero-order chi connectivity index (χ0) is 17.7. The van der Waals surface area contributed by atoms with Gasteiger partial charge in [0.15, 0.2) is 0 Å². The second kappa shape index (κ2) is 8.18. The van der Waals surface area contributed by atoms with Crippen LogP contribution in [0.25, 0.3) is 0 Å². The summed E-state index contributed by atoms with van der Waals surface area (Å²) in [6, 6.07) is 7.61. The molecule has 2 rings (SSSR count). The van der Waals surface area contributed by atoms with Crippen molar-refractivity contribution in [1.82, 2.24) is 4.90 Å². The van der Waals surface area contributed by atoms with Crippen molar-refractivity contribution >= 4 is 11.9 Å². The fourth-order valence-electron chi connectivity index (χ4n) is 3.56. The first-order valence-electron chi connectivity index (χ1n) is 8.58. The zero-order valence-corrected chi connectivity index (χ0v) is 14.7. The number of rotatable bonds is 6. The van der Waals surface area contributed by atoms with E-state index in [4.69, 9.17) is 4.74 Å². The maximum Gasteiger partial charge on any atom is 0.308 e. The highest BCUT2D eigenvalue weighted by Gasteiger charge is 2.35. The molecule has 0 saturated carbocycles. The number of ether oxygens (including phenoxy) is 1. The molecule has 3 atom stereocenters. The topological polar surface area (TPSA) is 66.8 Å². The molecule has 132 valence electrons. The highest BCUT2D eigenvalue weighted by atomic mass is 16.5. The maximum atomic E-state index is 12.6. The highest BCUT2D eigenvalue weighted by Crippen LogP contribution is 2.27. The molecular formula is C19H27NO4. The summed E-state index contributed by atoms with van der Waals surface area (Å²) >= 11 is 0. The number of benzene rings is 1. The van der Waals surface area contributed by atoms with Crippen molar-refractivity contribution in [1.29, 1.82) is 0 Å². The summed E-state index contributed by atoms with van der Waals surface area (Å²) < 4.78 is 5.36. The van der Waals surface area contributed by atoms with Gasteiger partial charge in [0.25, 0.3) is 0 Å². The lowest BCUT2D eigenvalue weighted by Crippen LogP contribution is -2.49. The van der Waals surface area contributed by atoms with Gasteiger partial charge in [0, 0.05) is 19.0 Å². The molecule has 1 saturated heterocycles. The molecule has 1 fully saturated rings. The van der Waals surface area contributed by atoms with E-state index in [0.717, 1.165) is 24.2 Å². The Kier molecular flexibility index (Phi) is 6.23. The predicted octanol–water partition coefficient (Wildman–Crippen LogP) is 2.98. The number of likely N-dealkylation sites (tertiary alicyclic amines) is 1. The number of carboxylic acids is 1. The summed E-state index contributed by atoms with van der Waals surface area (Å²) in [7, 11) is 1.65. The van der Waals surface area contributed by atoms with Crippen molar-refractivity contribution in [3.05, 3.63) is 29.8 Å². The maximum absolute atomic E-state index is 12.6. The van der Waals surface area contributed by atoms with Crippen LogP contribution in [0.4, 0.5) is 0 Å². The minimum absolute atomic E-state index is 0.0517. The predicted molar refractivity (Wildman–Crippen MR) is 92.0 cm³/mol. The Morgan fingerprint density at radius 3 is 2.75 bits per heavy atom. The molecule has 1 N–H and O–H groups in total. The Hall–Kier alpha value is -2.04. The third kappa shape index (κ3) is 4.28. The van der Waals surface area contributed by atoms with Gasteiger partial charge in [-0.2, -0.15) is 0 Å². The van der Waals surface area contributed by atoms with E-state index < -0.39 is 11.9 Å². The van der Waals surface area contributed by atoms with Gasteiger partial charge in [0.05, 0.1) is 13.0 Å². The number of carboxylic acid groups (broad SMARTS) is 1. The van der Waals surface area contributed by atoms with Gasteiger partial charge in [-0.15, -0.1) is 0 Å². The van der Waals surface area contributed by atoms with Crippen molar-refractivity contribution in [3.63, 3.8) is 0 Å². The second-order valence-corrected chi connectivity index (χ2v) is 6.74. The molecule has 0 aromatic heterocycles. The summed E-state index contributed by atoms with van der Waals surface area (Å²) in [5, 5.41) is 9.29. The molecule has 1 unspecified atom stereocenters. The van der Waals surface area contributed by atoms with Gasteiger partial charge < -0.3 is 14.7 Å². The lowest BCUT2D eigenvalue weighted by molar-refractivity contribution is -0.149. The van der Waals surface area contributed by atoms with Gasteiger partial charge in [-0.05, 0) is 43.7 Å². The van der Waals surface area contributed by atoms with Crippen LogP contribution in [0.1, 0.15) is 38.7 Å². The van der Waals surface area contributed by atoms with Crippen LogP contribution in [0.2, 0.25) is 0 Å². The van der Waals surface area contributed by atoms with Crippen LogP contribution in [0, 0.1) is 11.8 Å². The molecule has 1 amide bonds. The Bertz CT molecular complexity index is 586. The van der Waals surface area contributed by atoms with E-state index in [1.54, 1.807) is 12.0 Å². The van der Waals surface area contributed by atoms with Gasteiger partial charge in [-0.1, -0.05) is 25.1 Å². The normalized spacial score (nSPS) is 22.0. The second-order valence-electron chi connectivity index (χ2n) is 6.74. The summed E-state index contributed by atoms with van der Waals surface area (Å²) in [5.74, 6) is -0.189. The minimum Gasteiger partial charge on any atom is -0.496 e. The minimum atomic E-state index is -0.804. The standard InChI is InChI=1S/C19H27NO4/c1-13(11-15-7-4-5-9-17(15)24-3)12-18(21)20-10-6-8-16(14(20)2)19(22)23/h4-5,7,9,13-14,16H,6,8,10-12H2,1-3H3,(H,22,23)/t13?,14-,16-/m0/s1. The Morgan fingerprint density at radius 2 is 2.08 bits per heavy atom. The van der Waals surface area contributed by atoms with Crippen molar-refractivity contribution in [2.45, 2.75) is 45.6 Å². The van der Waals surface area contributed by atoms with Crippen molar-refractivity contribution in [2.75, 3.05) is 13.7 Å². The number of piperidine rings is 1. The van der Waals surface area contributed by atoms with Gasteiger partial charge in [-0.25, -0.2) is 0 Å². The zero-order valence-electron chi connectivity index (χ0n) is 14.7. The smallest absolute Gasteiger partial charge is 0.308 e. The van der Waals surface area contributed by atoms with E-state index in [0.29, 0.717) is 19.4 Å². The van der Waals surface area contributed by atoms with E-state index in [-0.39, 0.29) is 17.9 Å². The average molecular weight is 333 g/mol. The molecule has 0 aliphatic carbocycles. The summed E-state index contributed by atoms with van der Waals surface area (Å²) in [6.45, 7) is 4.56. The van der Waals surface area contributed by atoms with Crippen LogP contribution in [0.3, 0.4) is 0 Å². The van der Waals surface area contributed by atoms with E-state index in [1.165, 1.54) is 0 Å². The van der Waals surface area contributed by atoms with Crippen molar-refractivity contribution in [2.24, 2.45) is 11.8 Å². The highest BCUT2D eigenvalue weighted by molar-refractivity contribution is 5.79. The van der Waals surface area contributed by atoms with Gasteiger partial charge in [0.1, 0.15) is 5.75 Å². The molecule has 1 aromatic carbocycles. The number of hydrogen-bond acceptors (Lipinski definition) is 3. The largest absolute Gasteiger partial charge is 0.496 e. The fourth-order valence-corrected chi connectivity index (χ4v) is 3.56. The van der Waals surface area contributed by atoms with Crippen LogP contribution >= 0.6 is 0 Å². The van der Waals surface area contributed by atoms with Crippen molar-refractivity contribution in [3.8, 4) is 5.75 Å². The Labute approximate surface area is 143 Å². The molecule has 1 heterocycles. The summed E-state index contributed by atoms with van der Waals surface area (Å²) in [6.07, 6.45) is 2.60. The summed E-state index contributed by atoms with van der Waals surface area (Å²) in [5.41, 5.74) is 1.09. The van der Waals surface area contributed by atoms with Gasteiger partial charge in [-0.3, -0.25) is 9.59 Å². The number of carbonyl (C=O) groups excluding carboxylic acids is 1. The number of aliphatic carboxylic acids is 1. The van der Waals surface area contributed by atoms with Crippen LogP contribution in [0.5, 0.6) is 5.75 Å². The number of hydrogen-bond donors (Lipinski definition) is 1. The molecule has 1 aliphatic heterocycles. The molecule has 1 aromatic rings. The number of para-hydroxylation sites is 1. The molecule has 24 heavy (non-hydrogen) atoms. The number of carbonyl (C=O) groups is 2. The molecule has 5 heteroatoms. The van der Waals surface area contributed by atoms with Crippen LogP contribution in [-0.4, -0.2) is 41.6 Å². The third-order valence-electron chi connectivity index (χ3n) is 4.91. The fraction of sp³-hybridized carbons (Fsp3) is 0.579. The number of amides is 1. The lowest BCUT2D eigenvalue weighted by atomic mass is 9.89. The monoisotopic (exact) mass is 333 g/mol. The average Bonchev–Trinajstić information content (AvgIpc) is 2.55. The molecule has 5 nitrogen and oxygen atoms in total. The first-order valence-corrected chi connectivity index (χ1v) is 8.58. The molecular weight excluding hydrogens is 306 g/mol. The third-order valence-corrected chi connectivity index (χ3v) is 4.91. The quantitative estimate of drug-likeness (QED) is 0.869. The van der Waals surface area contributed by atoms with Gasteiger partial charge >= 0.3 is 5.97 Å². The lowest BCUT2D eigenvalue weighted by Gasteiger charge is -2.38. The first kappa shape index (κ1) is 18.3. The number of methoxy groups -OCH3 is 1. The van der Waals surface area contributed by atoms with Crippen LogP contribution in [0.15, 0.2) is 24.3 Å². The van der Waals surface area contributed by atoms with Crippen LogP contribution < -0.4 is 4.74 Å².